The van der Waals surface area contributed by atoms with Crippen LogP contribution in [0, 0.1) is 0 Å². The Labute approximate surface area is 110 Å². The maximum absolute atomic E-state index is 11.0. The van der Waals surface area contributed by atoms with Gasteiger partial charge < -0.3 is 0 Å². The van der Waals surface area contributed by atoms with E-state index < -0.39 is 16.2 Å². The fourth-order valence-corrected chi connectivity index (χ4v) is 2.51. The lowest BCUT2D eigenvalue weighted by atomic mass is 10.1. The highest BCUT2D eigenvalue weighted by Crippen LogP contribution is 2.09. The molecule has 0 bridgehead atoms. The molecular weight excluding hydrogens is 254 g/mol. The molecule has 0 radical (unpaired) electrons. The SMILES string of the molecule is CCCCCCCCCCN(C(C)=O)S(=O)(=O)O. The third kappa shape index (κ3) is 8.47. The minimum atomic E-state index is -4.39. The molecule has 0 spiro atoms. The zero-order valence-electron chi connectivity index (χ0n) is 11.4. The molecule has 0 unspecified atom stereocenters. The van der Waals surface area contributed by atoms with Gasteiger partial charge in [0, 0.05) is 13.5 Å². The molecule has 18 heavy (non-hydrogen) atoms. The Balaban J connectivity index is 3.67. The van der Waals surface area contributed by atoms with Crippen molar-refractivity contribution in [2.24, 2.45) is 0 Å². The average molecular weight is 279 g/mol. The van der Waals surface area contributed by atoms with E-state index in [1.165, 1.54) is 25.7 Å². The summed E-state index contributed by atoms with van der Waals surface area (Å²) in [4.78, 5) is 11.0. The normalized spacial score (nSPS) is 11.5. The van der Waals surface area contributed by atoms with Crippen molar-refractivity contribution in [2.75, 3.05) is 6.54 Å². The summed E-state index contributed by atoms with van der Waals surface area (Å²) < 4.78 is 31.1. The molecule has 0 atom stereocenters. The van der Waals surface area contributed by atoms with Gasteiger partial charge in [-0.15, -0.1) is 0 Å². The highest BCUT2D eigenvalue weighted by molar-refractivity contribution is 7.83. The molecule has 0 heterocycles. The van der Waals surface area contributed by atoms with Crippen molar-refractivity contribution in [3.8, 4) is 0 Å². The molecule has 0 saturated heterocycles. The Morgan fingerprint density at radius 3 is 1.83 bits per heavy atom. The molecule has 0 aromatic heterocycles. The Bertz CT molecular complexity index is 327. The number of nitrogens with zero attached hydrogens (tertiary/aromatic N) is 1. The van der Waals surface area contributed by atoms with Gasteiger partial charge in [0.2, 0.25) is 5.91 Å². The van der Waals surface area contributed by atoms with Crippen molar-refractivity contribution in [1.29, 1.82) is 0 Å². The predicted molar refractivity (Wildman–Crippen MR) is 71.5 cm³/mol. The summed E-state index contributed by atoms with van der Waals surface area (Å²) in [6, 6.07) is 0. The van der Waals surface area contributed by atoms with E-state index in [2.05, 4.69) is 6.92 Å². The van der Waals surface area contributed by atoms with Gasteiger partial charge in [-0.25, -0.2) is 4.31 Å². The van der Waals surface area contributed by atoms with E-state index in [-0.39, 0.29) is 6.54 Å². The first kappa shape index (κ1) is 17.4. The Kier molecular flexibility index (Phi) is 9.01. The lowest BCUT2D eigenvalue weighted by Gasteiger charge is -2.16. The standard InChI is InChI=1S/C12H25NO4S/c1-3-4-5-6-7-8-9-10-11-13(12(2)14)18(15,16)17/h3-11H2,1-2H3,(H,15,16,17). The maximum Gasteiger partial charge on any atom is 0.362 e. The fourth-order valence-electron chi connectivity index (χ4n) is 1.82. The van der Waals surface area contributed by atoms with Crippen LogP contribution in [0.5, 0.6) is 0 Å². The van der Waals surface area contributed by atoms with Gasteiger partial charge in [0.15, 0.2) is 0 Å². The largest absolute Gasteiger partial charge is 0.362 e. The van der Waals surface area contributed by atoms with Gasteiger partial charge in [0.05, 0.1) is 0 Å². The molecular formula is C12H25NO4S. The van der Waals surface area contributed by atoms with Crippen LogP contribution in [0.4, 0.5) is 0 Å². The maximum atomic E-state index is 11.0. The van der Waals surface area contributed by atoms with Crippen LogP contribution in [-0.2, 0) is 15.1 Å². The van der Waals surface area contributed by atoms with Crippen molar-refractivity contribution < 1.29 is 17.8 Å². The van der Waals surface area contributed by atoms with E-state index in [9.17, 15) is 13.2 Å². The number of carbonyl (C=O) groups excluding carboxylic acids is 1. The molecule has 108 valence electrons. The molecule has 0 aliphatic carbocycles. The Morgan fingerprint density at radius 1 is 1.00 bits per heavy atom. The van der Waals surface area contributed by atoms with E-state index in [4.69, 9.17) is 4.55 Å². The van der Waals surface area contributed by atoms with Gasteiger partial charge >= 0.3 is 10.3 Å². The first-order valence-electron chi connectivity index (χ1n) is 6.65. The average Bonchev–Trinajstić information content (AvgIpc) is 2.24. The number of rotatable bonds is 10. The van der Waals surface area contributed by atoms with Gasteiger partial charge in [-0.2, -0.15) is 8.42 Å². The van der Waals surface area contributed by atoms with Gasteiger partial charge in [0.1, 0.15) is 0 Å². The summed E-state index contributed by atoms with van der Waals surface area (Å²) in [5.41, 5.74) is 0. The summed E-state index contributed by atoms with van der Waals surface area (Å²) in [7, 11) is -4.39. The lowest BCUT2D eigenvalue weighted by molar-refractivity contribution is -0.124. The minimum absolute atomic E-state index is 0.0725. The van der Waals surface area contributed by atoms with Crippen LogP contribution in [0.2, 0.25) is 0 Å². The fraction of sp³-hybridized carbons (Fsp3) is 0.917. The van der Waals surface area contributed by atoms with E-state index in [1.54, 1.807) is 0 Å². The topological polar surface area (TPSA) is 74.7 Å². The van der Waals surface area contributed by atoms with E-state index in [1.807, 2.05) is 0 Å². The molecule has 0 aliphatic heterocycles. The van der Waals surface area contributed by atoms with E-state index in [0.29, 0.717) is 10.7 Å². The molecule has 0 aromatic rings. The first-order chi connectivity index (χ1) is 8.39. The van der Waals surface area contributed by atoms with Crippen molar-refractivity contribution in [3.05, 3.63) is 0 Å². The second-order valence-corrected chi connectivity index (χ2v) is 5.88. The van der Waals surface area contributed by atoms with Crippen LogP contribution in [0.1, 0.15) is 65.2 Å². The van der Waals surface area contributed by atoms with Crippen LogP contribution < -0.4 is 0 Å². The highest BCUT2D eigenvalue weighted by Gasteiger charge is 2.20. The van der Waals surface area contributed by atoms with Crippen LogP contribution in [0.3, 0.4) is 0 Å². The monoisotopic (exact) mass is 279 g/mol. The molecule has 1 amide bonds. The molecule has 0 saturated carbocycles. The highest BCUT2D eigenvalue weighted by atomic mass is 32.2. The number of hydrogen-bond acceptors (Lipinski definition) is 3. The quantitative estimate of drug-likeness (QED) is 0.493. The molecule has 5 nitrogen and oxygen atoms in total. The number of unbranched alkanes of at least 4 members (excludes halogenated alkanes) is 7. The van der Waals surface area contributed by atoms with Gasteiger partial charge in [-0.1, -0.05) is 51.9 Å². The van der Waals surface area contributed by atoms with Crippen molar-refractivity contribution in [2.45, 2.75) is 65.2 Å². The molecule has 0 fully saturated rings. The summed E-state index contributed by atoms with van der Waals surface area (Å²) in [5.74, 6) is -0.638. The van der Waals surface area contributed by atoms with Crippen LogP contribution >= 0.6 is 0 Å². The smallest absolute Gasteiger partial charge is 0.274 e. The number of hydrogen-bond donors (Lipinski definition) is 1. The third-order valence-corrected chi connectivity index (χ3v) is 3.84. The zero-order valence-corrected chi connectivity index (χ0v) is 12.2. The van der Waals surface area contributed by atoms with Crippen molar-refractivity contribution in [1.82, 2.24) is 4.31 Å². The van der Waals surface area contributed by atoms with Gasteiger partial charge in [-0.05, 0) is 6.42 Å². The first-order valence-corrected chi connectivity index (χ1v) is 8.05. The number of carbonyl (C=O) groups is 1. The van der Waals surface area contributed by atoms with Crippen LogP contribution in [-0.4, -0.2) is 29.7 Å². The zero-order chi connectivity index (χ0) is 14.0. The van der Waals surface area contributed by atoms with Crippen molar-refractivity contribution >= 4 is 16.2 Å². The summed E-state index contributed by atoms with van der Waals surface area (Å²) >= 11 is 0. The van der Waals surface area contributed by atoms with Gasteiger partial charge in [0.25, 0.3) is 0 Å². The lowest BCUT2D eigenvalue weighted by Crippen LogP contribution is -2.35. The summed E-state index contributed by atoms with van der Waals surface area (Å²) in [6.07, 6.45) is 8.62. The van der Waals surface area contributed by atoms with Crippen LogP contribution in [0.25, 0.3) is 0 Å². The molecule has 1 N–H and O–H groups in total. The Hall–Kier alpha value is -0.620. The molecule has 0 rings (SSSR count). The molecule has 0 aromatic carbocycles. The van der Waals surface area contributed by atoms with Crippen molar-refractivity contribution in [3.63, 3.8) is 0 Å². The van der Waals surface area contributed by atoms with E-state index in [0.717, 1.165) is 26.2 Å². The summed E-state index contributed by atoms with van der Waals surface area (Å²) in [6.45, 7) is 3.38. The van der Waals surface area contributed by atoms with E-state index >= 15 is 0 Å². The second-order valence-electron chi connectivity index (χ2n) is 4.54. The number of amides is 1. The third-order valence-electron chi connectivity index (χ3n) is 2.84. The minimum Gasteiger partial charge on any atom is -0.274 e. The summed E-state index contributed by atoms with van der Waals surface area (Å²) in [5, 5.41) is 0. The second kappa shape index (κ2) is 9.33. The molecule has 0 aliphatic rings. The predicted octanol–water partition coefficient (Wildman–Crippen LogP) is 2.78. The van der Waals surface area contributed by atoms with Crippen LogP contribution in [0.15, 0.2) is 0 Å². The van der Waals surface area contributed by atoms with Gasteiger partial charge in [-0.3, -0.25) is 9.35 Å². The Morgan fingerprint density at radius 2 is 1.44 bits per heavy atom. The molecule has 6 heteroatoms.